The van der Waals surface area contributed by atoms with Crippen molar-refractivity contribution in [1.82, 2.24) is 14.9 Å². The van der Waals surface area contributed by atoms with Crippen LogP contribution in [-0.2, 0) is 4.79 Å². The number of carbonyl (C=O) groups is 1. The molecule has 2 aromatic rings. The second kappa shape index (κ2) is 8.80. The average molecular weight is 395 g/mol. The first-order valence-electron chi connectivity index (χ1n) is 10.7. The van der Waals surface area contributed by atoms with Crippen LogP contribution in [0.15, 0.2) is 30.3 Å². The predicted molar refractivity (Wildman–Crippen MR) is 113 cm³/mol. The summed E-state index contributed by atoms with van der Waals surface area (Å²) < 4.78 is 5.94. The predicted octanol–water partition coefficient (Wildman–Crippen LogP) is 4.11. The zero-order chi connectivity index (χ0) is 20.2. The van der Waals surface area contributed by atoms with Crippen LogP contribution in [-0.4, -0.2) is 47.0 Å². The first-order valence-corrected chi connectivity index (χ1v) is 10.7. The molecule has 154 valence electrons. The molecule has 0 unspecified atom stereocenters. The van der Waals surface area contributed by atoms with E-state index in [9.17, 15) is 4.79 Å². The van der Waals surface area contributed by atoms with Gasteiger partial charge < -0.3 is 14.5 Å². The van der Waals surface area contributed by atoms with Crippen molar-refractivity contribution in [2.75, 3.05) is 31.1 Å². The van der Waals surface area contributed by atoms with E-state index >= 15 is 0 Å². The number of hydrogen-bond acceptors (Lipinski definition) is 5. The molecular formula is C23H30N4O2. The van der Waals surface area contributed by atoms with Gasteiger partial charge in [0, 0.05) is 38.2 Å². The third-order valence-electron chi connectivity index (χ3n) is 5.91. The molecule has 1 saturated heterocycles. The molecule has 1 aliphatic heterocycles. The Morgan fingerprint density at radius 1 is 0.966 bits per heavy atom. The highest BCUT2D eigenvalue weighted by Crippen LogP contribution is 2.27. The van der Waals surface area contributed by atoms with E-state index < -0.39 is 0 Å². The van der Waals surface area contributed by atoms with Crippen molar-refractivity contribution in [3.63, 3.8) is 0 Å². The number of ether oxygens (including phenoxy) is 1. The number of piperazine rings is 1. The summed E-state index contributed by atoms with van der Waals surface area (Å²) in [6.07, 6.45) is 5.78. The lowest BCUT2D eigenvalue weighted by molar-refractivity contribution is -0.136. The van der Waals surface area contributed by atoms with Crippen LogP contribution in [0, 0.1) is 19.8 Å². The van der Waals surface area contributed by atoms with Gasteiger partial charge in [0.25, 0.3) is 0 Å². The zero-order valence-electron chi connectivity index (χ0n) is 17.4. The molecule has 2 fully saturated rings. The number of carbonyl (C=O) groups excluding carboxylic acids is 1. The Morgan fingerprint density at radius 2 is 1.66 bits per heavy atom. The van der Waals surface area contributed by atoms with Crippen LogP contribution in [0.25, 0.3) is 0 Å². The number of amides is 1. The number of nitrogens with zero attached hydrogens (tertiary/aromatic N) is 4. The molecule has 6 nitrogen and oxygen atoms in total. The average Bonchev–Trinajstić information content (AvgIpc) is 2.75. The van der Waals surface area contributed by atoms with Crippen molar-refractivity contribution in [3.05, 3.63) is 41.7 Å². The standard InChI is InChI=1S/C23H30N4O2/c1-17-8-10-20(11-9-17)29-22-16-21(24-18(2)25-22)26-12-14-27(15-13-26)23(28)19-6-4-3-5-7-19/h8-11,16,19H,3-7,12-15H2,1-2H3. The highest BCUT2D eigenvalue weighted by atomic mass is 16.5. The maximum absolute atomic E-state index is 12.8. The highest BCUT2D eigenvalue weighted by Gasteiger charge is 2.29. The molecule has 0 radical (unpaired) electrons. The first-order chi connectivity index (χ1) is 14.1. The highest BCUT2D eigenvalue weighted by molar-refractivity contribution is 5.79. The van der Waals surface area contributed by atoms with Gasteiger partial charge in [-0.05, 0) is 38.8 Å². The van der Waals surface area contributed by atoms with E-state index in [1.165, 1.54) is 24.8 Å². The zero-order valence-corrected chi connectivity index (χ0v) is 17.4. The van der Waals surface area contributed by atoms with E-state index in [0.29, 0.717) is 17.6 Å². The number of anilines is 1. The normalized spacial score (nSPS) is 18.0. The summed E-state index contributed by atoms with van der Waals surface area (Å²) in [5, 5.41) is 0. The molecular weight excluding hydrogens is 364 g/mol. The number of benzene rings is 1. The fourth-order valence-electron chi connectivity index (χ4n) is 4.23. The molecule has 0 spiro atoms. The Kier molecular flexibility index (Phi) is 5.97. The van der Waals surface area contributed by atoms with E-state index in [2.05, 4.69) is 21.8 Å². The summed E-state index contributed by atoms with van der Waals surface area (Å²) in [7, 11) is 0. The van der Waals surface area contributed by atoms with Crippen LogP contribution in [0.4, 0.5) is 5.82 Å². The maximum atomic E-state index is 12.8. The molecule has 0 N–H and O–H groups in total. The molecule has 1 aromatic carbocycles. The number of aryl methyl sites for hydroxylation is 2. The minimum atomic E-state index is 0.242. The van der Waals surface area contributed by atoms with Crippen molar-refractivity contribution in [3.8, 4) is 11.6 Å². The van der Waals surface area contributed by atoms with E-state index in [4.69, 9.17) is 4.74 Å². The van der Waals surface area contributed by atoms with Gasteiger partial charge in [0.1, 0.15) is 17.4 Å². The molecule has 29 heavy (non-hydrogen) atoms. The Bertz CT molecular complexity index is 838. The Balaban J connectivity index is 1.39. The molecule has 4 rings (SSSR count). The Morgan fingerprint density at radius 3 is 2.34 bits per heavy atom. The van der Waals surface area contributed by atoms with Crippen LogP contribution in [0.3, 0.4) is 0 Å². The minimum Gasteiger partial charge on any atom is -0.439 e. The van der Waals surface area contributed by atoms with Gasteiger partial charge in [0.05, 0.1) is 0 Å². The lowest BCUT2D eigenvalue weighted by atomic mass is 9.88. The van der Waals surface area contributed by atoms with Crippen molar-refractivity contribution in [2.24, 2.45) is 5.92 Å². The van der Waals surface area contributed by atoms with Gasteiger partial charge in [-0.3, -0.25) is 4.79 Å². The van der Waals surface area contributed by atoms with Crippen LogP contribution in [0.5, 0.6) is 11.6 Å². The van der Waals surface area contributed by atoms with Gasteiger partial charge in [0.2, 0.25) is 11.8 Å². The molecule has 0 atom stereocenters. The van der Waals surface area contributed by atoms with E-state index in [0.717, 1.165) is 50.6 Å². The van der Waals surface area contributed by atoms with Crippen LogP contribution in [0.2, 0.25) is 0 Å². The fraction of sp³-hybridized carbons (Fsp3) is 0.522. The molecule has 1 aromatic heterocycles. The van der Waals surface area contributed by atoms with Gasteiger partial charge in [-0.25, -0.2) is 4.98 Å². The van der Waals surface area contributed by atoms with E-state index in [1.54, 1.807) is 0 Å². The van der Waals surface area contributed by atoms with Crippen LogP contribution in [0.1, 0.15) is 43.5 Å². The van der Waals surface area contributed by atoms with E-state index in [-0.39, 0.29) is 5.92 Å². The summed E-state index contributed by atoms with van der Waals surface area (Å²) in [6.45, 7) is 7.03. The second-order valence-electron chi connectivity index (χ2n) is 8.17. The van der Waals surface area contributed by atoms with Gasteiger partial charge >= 0.3 is 0 Å². The molecule has 0 bridgehead atoms. The van der Waals surface area contributed by atoms with Crippen molar-refractivity contribution < 1.29 is 9.53 Å². The van der Waals surface area contributed by atoms with Gasteiger partial charge in [-0.1, -0.05) is 37.0 Å². The van der Waals surface area contributed by atoms with Crippen molar-refractivity contribution >= 4 is 11.7 Å². The minimum absolute atomic E-state index is 0.242. The second-order valence-corrected chi connectivity index (χ2v) is 8.17. The third-order valence-corrected chi connectivity index (χ3v) is 5.91. The number of aromatic nitrogens is 2. The largest absolute Gasteiger partial charge is 0.439 e. The summed E-state index contributed by atoms with van der Waals surface area (Å²) >= 11 is 0. The molecule has 1 amide bonds. The molecule has 2 aliphatic rings. The smallest absolute Gasteiger partial charge is 0.225 e. The molecule has 1 aliphatic carbocycles. The molecule has 1 saturated carbocycles. The van der Waals surface area contributed by atoms with Gasteiger partial charge in [0.15, 0.2) is 0 Å². The molecule has 2 heterocycles. The van der Waals surface area contributed by atoms with E-state index in [1.807, 2.05) is 42.2 Å². The summed E-state index contributed by atoms with van der Waals surface area (Å²) in [5.74, 6) is 3.46. The number of rotatable bonds is 4. The van der Waals surface area contributed by atoms with Gasteiger partial charge in [-0.15, -0.1) is 0 Å². The summed E-state index contributed by atoms with van der Waals surface area (Å²) in [5.41, 5.74) is 1.19. The maximum Gasteiger partial charge on any atom is 0.225 e. The lowest BCUT2D eigenvalue weighted by Crippen LogP contribution is -2.50. The quantitative estimate of drug-likeness (QED) is 0.781. The topological polar surface area (TPSA) is 58.6 Å². The van der Waals surface area contributed by atoms with Crippen LogP contribution < -0.4 is 9.64 Å². The van der Waals surface area contributed by atoms with Gasteiger partial charge in [-0.2, -0.15) is 4.98 Å². The Hall–Kier alpha value is -2.63. The summed E-state index contributed by atoms with van der Waals surface area (Å²) in [4.78, 5) is 26.1. The number of hydrogen-bond donors (Lipinski definition) is 0. The fourth-order valence-corrected chi connectivity index (χ4v) is 4.23. The Labute approximate surface area is 172 Å². The van der Waals surface area contributed by atoms with Crippen LogP contribution >= 0.6 is 0 Å². The third kappa shape index (κ3) is 4.86. The first kappa shape index (κ1) is 19.7. The summed E-state index contributed by atoms with van der Waals surface area (Å²) in [6, 6.07) is 9.83. The lowest BCUT2D eigenvalue weighted by Gasteiger charge is -2.37. The van der Waals surface area contributed by atoms with Crippen molar-refractivity contribution in [2.45, 2.75) is 46.0 Å². The SMILES string of the molecule is Cc1ccc(Oc2cc(N3CCN(C(=O)C4CCCCC4)CC3)nc(C)n2)cc1. The molecule has 6 heteroatoms. The van der Waals surface area contributed by atoms with Crippen molar-refractivity contribution in [1.29, 1.82) is 0 Å². The monoisotopic (exact) mass is 394 g/mol.